The Labute approximate surface area is 125 Å². The van der Waals surface area contributed by atoms with Crippen LogP contribution < -0.4 is 5.73 Å². The van der Waals surface area contributed by atoms with Crippen LogP contribution in [0.3, 0.4) is 0 Å². The topological polar surface area (TPSA) is 29.3 Å². The average Bonchev–Trinajstić information content (AvgIpc) is 2.37. The predicted molar refractivity (Wildman–Crippen MR) is 89.8 cm³/mol. The summed E-state index contributed by atoms with van der Waals surface area (Å²) < 4.78 is 0. The molecule has 0 bridgehead atoms. The van der Waals surface area contributed by atoms with Crippen LogP contribution in [-0.4, -0.2) is 18.0 Å². The lowest BCUT2D eigenvalue weighted by atomic mass is 10.0. The molecule has 1 atom stereocenters. The van der Waals surface area contributed by atoms with Gasteiger partial charge in [-0.05, 0) is 62.4 Å². The number of nitrogens with two attached hydrogens (primary N) is 1. The van der Waals surface area contributed by atoms with Gasteiger partial charge in [-0.15, -0.1) is 0 Å². The Balaban J connectivity index is 2.73. The maximum Gasteiger partial charge on any atom is 0.0320 e. The van der Waals surface area contributed by atoms with Crippen molar-refractivity contribution in [1.29, 1.82) is 0 Å². The van der Waals surface area contributed by atoms with Crippen molar-refractivity contribution in [3.63, 3.8) is 0 Å². The molecular weight excluding hydrogens is 244 g/mol. The molecule has 0 saturated heterocycles. The second-order valence-electron chi connectivity index (χ2n) is 6.75. The lowest BCUT2D eigenvalue weighted by Gasteiger charge is -2.31. The largest absolute Gasteiger partial charge is 0.399 e. The molecule has 0 radical (unpaired) electrons. The highest BCUT2D eigenvalue weighted by Crippen LogP contribution is 2.23. The molecule has 1 aromatic rings. The van der Waals surface area contributed by atoms with E-state index in [1.165, 1.54) is 31.5 Å². The second-order valence-corrected chi connectivity index (χ2v) is 6.75. The van der Waals surface area contributed by atoms with Crippen LogP contribution in [0.4, 0.5) is 5.69 Å². The van der Waals surface area contributed by atoms with Gasteiger partial charge >= 0.3 is 0 Å². The number of rotatable bonds is 8. The van der Waals surface area contributed by atoms with Gasteiger partial charge < -0.3 is 5.73 Å². The second kappa shape index (κ2) is 8.31. The number of anilines is 1. The summed E-state index contributed by atoms with van der Waals surface area (Å²) >= 11 is 0. The number of nitrogens with zero attached hydrogens (tertiary/aromatic N) is 1. The molecular formula is C18H32N2. The molecule has 20 heavy (non-hydrogen) atoms. The van der Waals surface area contributed by atoms with Gasteiger partial charge in [-0.1, -0.05) is 39.8 Å². The van der Waals surface area contributed by atoms with Crippen LogP contribution in [-0.2, 0) is 0 Å². The molecule has 0 aliphatic carbocycles. The molecule has 0 aromatic heterocycles. The highest BCUT2D eigenvalue weighted by Gasteiger charge is 2.16. The fourth-order valence-corrected chi connectivity index (χ4v) is 2.38. The van der Waals surface area contributed by atoms with E-state index in [-0.39, 0.29) is 0 Å². The molecule has 0 amide bonds. The van der Waals surface area contributed by atoms with E-state index in [1.54, 1.807) is 0 Å². The smallest absolute Gasteiger partial charge is 0.0320 e. The van der Waals surface area contributed by atoms with Crippen molar-refractivity contribution >= 4 is 5.69 Å². The van der Waals surface area contributed by atoms with Gasteiger partial charge in [-0.25, -0.2) is 0 Å². The van der Waals surface area contributed by atoms with E-state index in [1.807, 2.05) is 6.07 Å². The van der Waals surface area contributed by atoms with Gasteiger partial charge in [-0.2, -0.15) is 0 Å². The fraction of sp³-hybridized carbons (Fsp3) is 0.667. The minimum Gasteiger partial charge on any atom is -0.399 e. The predicted octanol–water partition coefficient (Wildman–Crippen LogP) is 4.72. The van der Waals surface area contributed by atoms with Crippen LogP contribution in [0.2, 0.25) is 0 Å². The van der Waals surface area contributed by atoms with Crippen LogP contribution in [0.1, 0.15) is 59.1 Å². The van der Waals surface area contributed by atoms with Crippen LogP contribution >= 0.6 is 0 Å². The molecule has 2 heteroatoms. The zero-order valence-electron chi connectivity index (χ0n) is 13.9. The van der Waals surface area contributed by atoms with Gasteiger partial charge in [0.2, 0.25) is 0 Å². The fourth-order valence-electron chi connectivity index (χ4n) is 2.38. The third-order valence-electron chi connectivity index (χ3n) is 3.93. The third kappa shape index (κ3) is 5.96. The maximum atomic E-state index is 5.92. The van der Waals surface area contributed by atoms with Gasteiger partial charge in [-0.3, -0.25) is 4.90 Å². The summed E-state index contributed by atoms with van der Waals surface area (Å²) in [5.41, 5.74) is 8.12. The molecule has 1 aromatic carbocycles. The number of benzene rings is 1. The zero-order chi connectivity index (χ0) is 15.1. The molecule has 0 spiro atoms. The standard InChI is InChI=1S/C18H32N2/c1-14(2)9-11-20(12-10-15(3)4)16(5)17-7-6-8-18(19)13-17/h6-8,13-16H,9-12,19H2,1-5H3. The Kier molecular flexibility index (Phi) is 7.08. The maximum absolute atomic E-state index is 5.92. The minimum absolute atomic E-state index is 0.441. The first-order chi connectivity index (χ1) is 9.40. The molecule has 0 aliphatic heterocycles. The van der Waals surface area contributed by atoms with Gasteiger partial charge in [0.05, 0.1) is 0 Å². The van der Waals surface area contributed by atoms with Gasteiger partial charge in [0, 0.05) is 11.7 Å². The van der Waals surface area contributed by atoms with Gasteiger partial charge in [0.25, 0.3) is 0 Å². The highest BCUT2D eigenvalue weighted by atomic mass is 15.1. The van der Waals surface area contributed by atoms with Crippen LogP contribution in [0.15, 0.2) is 24.3 Å². The van der Waals surface area contributed by atoms with E-state index in [9.17, 15) is 0 Å². The van der Waals surface area contributed by atoms with Crippen molar-refractivity contribution in [3.8, 4) is 0 Å². The Bertz CT molecular complexity index is 373. The van der Waals surface area contributed by atoms with Crippen molar-refractivity contribution in [3.05, 3.63) is 29.8 Å². The van der Waals surface area contributed by atoms with Gasteiger partial charge in [0.15, 0.2) is 0 Å². The lowest BCUT2D eigenvalue weighted by Crippen LogP contribution is -2.30. The van der Waals surface area contributed by atoms with Crippen LogP contribution in [0.5, 0.6) is 0 Å². The first kappa shape index (κ1) is 17.0. The lowest BCUT2D eigenvalue weighted by molar-refractivity contribution is 0.188. The molecule has 1 unspecified atom stereocenters. The summed E-state index contributed by atoms with van der Waals surface area (Å²) in [7, 11) is 0. The first-order valence-electron chi connectivity index (χ1n) is 7.99. The Hall–Kier alpha value is -1.02. The summed E-state index contributed by atoms with van der Waals surface area (Å²) in [6, 6.07) is 8.77. The normalized spacial score (nSPS) is 13.4. The van der Waals surface area contributed by atoms with Crippen molar-refractivity contribution in [2.45, 2.75) is 53.5 Å². The van der Waals surface area contributed by atoms with E-state index < -0.39 is 0 Å². The summed E-state index contributed by atoms with van der Waals surface area (Å²) in [5, 5.41) is 0. The van der Waals surface area contributed by atoms with E-state index in [2.05, 4.69) is 57.7 Å². The Morgan fingerprint density at radius 1 is 0.950 bits per heavy atom. The summed E-state index contributed by atoms with van der Waals surface area (Å²) in [4.78, 5) is 2.61. The minimum atomic E-state index is 0.441. The third-order valence-corrected chi connectivity index (χ3v) is 3.93. The molecule has 0 heterocycles. The van der Waals surface area contributed by atoms with Crippen LogP contribution in [0.25, 0.3) is 0 Å². The summed E-state index contributed by atoms with van der Waals surface area (Å²) in [6.07, 6.45) is 2.51. The highest BCUT2D eigenvalue weighted by molar-refractivity contribution is 5.41. The van der Waals surface area contributed by atoms with E-state index >= 15 is 0 Å². The number of nitrogen functional groups attached to an aromatic ring is 1. The summed E-state index contributed by atoms with van der Waals surface area (Å²) in [5.74, 6) is 1.51. The van der Waals surface area contributed by atoms with Gasteiger partial charge in [0.1, 0.15) is 0 Å². The van der Waals surface area contributed by atoms with E-state index in [0.717, 1.165) is 17.5 Å². The average molecular weight is 276 g/mol. The molecule has 2 nitrogen and oxygen atoms in total. The van der Waals surface area contributed by atoms with Crippen molar-refractivity contribution in [1.82, 2.24) is 4.90 Å². The molecule has 2 N–H and O–H groups in total. The summed E-state index contributed by atoms with van der Waals surface area (Å²) in [6.45, 7) is 13.8. The number of hydrogen-bond acceptors (Lipinski definition) is 2. The molecule has 114 valence electrons. The molecule has 0 fully saturated rings. The molecule has 0 aliphatic rings. The quantitative estimate of drug-likeness (QED) is 0.696. The number of hydrogen-bond donors (Lipinski definition) is 1. The van der Waals surface area contributed by atoms with Crippen molar-refractivity contribution < 1.29 is 0 Å². The monoisotopic (exact) mass is 276 g/mol. The first-order valence-corrected chi connectivity index (χ1v) is 7.99. The molecule has 0 saturated carbocycles. The van der Waals surface area contributed by atoms with E-state index in [0.29, 0.717) is 6.04 Å². The van der Waals surface area contributed by atoms with E-state index in [4.69, 9.17) is 5.73 Å². The molecule has 1 rings (SSSR count). The Morgan fingerprint density at radius 3 is 1.95 bits per heavy atom. The Morgan fingerprint density at radius 2 is 1.50 bits per heavy atom. The zero-order valence-corrected chi connectivity index (χ0v) is 13.9. The van der Waals surface area contributed by atoms with Crippen LogP contribution in [0, 0.1) is 11.8 Å². The SMILES string of the molecule is CC(C)CCN(CCC(C)C)C(C)c1cccc(N)c1. The van der Waals surface area contributed by atoms with Crippen molar-refractivity contribution in [2.24, 2.45) is 11.8 Å². The van der Waals surface area contributed by atoms with Crippen molar-refractivity contribution in [2.75, 3.05) is 18.8 Å².